The zero-order chi connectivity index (χ0) is 23.2. The average molecular weight is 480 g/mol. The molecule has 0 N–H and O–H groups in total. The van der Waals surface area contributed by atoms with E-state index in [1.165, 1.54) is 0 Å². The first kappa shape index (κ1) is 22.5. The minimum atomic E-state index is -4.13. The third-order valence-electron chi connectivity index (χ3n) is 5.35. The molecule has 3 atom stereocenters. The van der Waals surface area contributed by atoms with Gasteiger partial charge in [-0.15, -0.1) is 0 Å². The highest BCUT2D eigenvalue weighted by Crippen LogP contribution is 2.52. The van der Waals surface area contributed by atoms with Crippen LogP contribution in [0, 0.1) is 0 Å². The minimum Gasteiger partial charge on any atom is -0.457 e. The van der Waals surface area contributed by atoms with Crippen molar-refractivity contribution in [2.45, 2.75) is 31.3 Å². The Morgan fingerprint density at radius 1 is 0.735 bits per heavy atom. The number of allylic oxidation sites excluding steroid dienone is 1. The van der Waals surface area contributed by atoms with Crippen LogP contribution < -0.4 is 9.05 Å². The molecule has 0 spiro atoms. The molecule has 5 rings (SSSR count). The topological polar surface area (TPSA) is 72.5 Å². The summed E-state index contributed by atoms with van der Waals surface area (Å²) in [6.07, 6.45) is 1.95. The summed E-state index contributed by atoms with van der Waals surface area (Å²) in [5.74, 6) is 0.765. The van der Waals surface area contributed by atoms with Gasteiger partial charge < -0.3 is 27.8 Å². The minimum absolute atomic E-state index is 0.0630. The van der Waals surface area contributed by atoms with E-state index in [0.717, 1.165) is 5.56 Å². The first-order valence-electron chi connectivity index (χ1n) is 11.1. The summed E-state index contributed by atoms with van der Waals surface area (Å²) in [5, 5.41) is 0. The highest BCUT2D eigenvalue weighted by molar-refractivity contribution is 7.49. The van der Waals surface area contributed by atoms with Gasteiger partial charge in [-0.25, -0.2) is 0 Å². The van der Waals surface area contributed by atoms with Crippen molar-refractivity contribution < 1.29 is 32.3 Å². The van der Waals surface area contributed by atoms with Crippen molar-refractivity contribution in [2.24, 2.45) is 0 Å². The standard InChI is InChI=1S/C26H25O7P/c27-34(31-21-13-6-2-7-14-21,32-22-15-8-3-9-16-22)33-25-18-10-17-23-24(29-25)19-28-26(30-23)20-11-4-1-5-12-20/h1-9,11-16,18,23-24,26H,10,17,19H2/t23-,24+,26+/m0/s1. The quantitative estimate of drug-likeness (QED) is 0.362. The summed E-state index contributed by atoms with van der Waals surface area (Å²) >= 11 is 0. The van der Waals surface area contributed by atoms with Gasteiger partial charge in [-0.3, -0.25) is 0 Å². The molecule has 0 bridgehead atoms. The molecule has 2 aliphatic heterocycles. The predicted molar refractivity (Wildman–Crippen MR) is 125 cm³/mol. The molecule has 0 unspecified atom stereocenters. The van der Waals surface area contributed by atoms with Crippen LogP contribution in [0.4, 0.5) is 0 Å². The second-order valence-electron chi connectivity index (χ2n) is 7.85. The van der Waals surface area contributed by atoms with Crippen molar-refractivity contribution in [3.05, 3.63) is 109 Å². The summed E-state index contributed by atoms with van der Waals surface area (Å²) in [4.78, 5) is 0. The number of phosphoric acid groups is 1. The maximum absolute atomic E-state index is 13.7. The van der Waals surface area contributed by atoms with Gasteiger partial charge in [0, 0.05) is 5.56 Å². The van der Waals surface area contributed by atoms with E-state index < -0.39 is 20.2 Å². The summed E-state index contributed by atoms with van der Waals surface area (Å²) in [5.41, 5.74) is 0.951. The molecule has 0 aromatic heterocycles. The summed E-state index contributed by atoms with van der Waals surface area (Å²) < 4.78 is 48.9. The molecule has 0 radical (unpaired) electrons. The van der Waals surface area contributed by atoms with Gasteiger partial charge in [-0.05, 0) is 43.2 Å². The zero-order valence-corrected chi connectivity index (χ0v) is 19.3. The lowest BCUT2D eigenvalue weighted by molar-refractivity contribution is -0.262. The number of hydrogen-bond donors (Lipinski definition) is 0. The van der Waals surface area contributed by atoms with Crippen molar-refractivity contribution in [3.8, 4) is 11.5 Å². The van der Waals surface area contributed by atoms with E-state index in [1.807, 2.05) is 42.5 Å². The number of fused-ring (bicyclic) bond motifs is 1. The van der Waals surface area contributed by atoms with E-state index in [-0.39, 0.29) is 12.0 Å². The Kier molecular flexibility index (Phi) is 6.86. The maximum atomic E-state index is 13.7. The molecule has 2 aliphatic rings. The SMILES string of the molecule is O=P(OC1=CCC[C@@H]2O[C@H](c3ccccc3)OC[C@H]2O1)(Oc1ccccc1)Oc1ccccc1. The number of benzene rings is 3. The second-order valence-corrected chi connectivity index (χ2v) is 9.30. The molecule has 1 saturated heterocycles. The number of hydrogen-bond acceptors (Lipinski definition) is 7. The summed E-state index contributed by atoms with van der Waals surface area (Å²) in [6, 6.07) is 27.2. The highest BCUT2D eigenvalue weighted by atomic mass is 31.2. The fourth-order valence-electron chi connectivity index (χ4n) is 3.73. The molecular weight excluding hydrogens is 455 g/mol. The van der Waals surface area contributed by atoms with E-state index in [0.29, 0.717) is 30.9 Å². The van der Waals surface area contributed by atoms with Crippen LogP contribution in [-0.4, -0.2) is 18.8 Å². The lowest BCUT2D eigenvalue weighted by Gasteiger charge is -2.35. The van der Waals surface area contributed by atoms with Crippen molar-refractivity contribution >= 4 is 7.82 Å². The van der Waals surface area contributed by atoms with Crippen LogP contribution >= 0.6 is 7.82 Å². The monoisotopic (exact) mass is 480 g/mol. The Balaban J connectivity index is 1.30. The first-order chi connectivity index (χ1) is 16.7. The Morgan fingerprint density at radius 2 is 1.32 bits per heavy atom. The number of para-hydroxylation sites is 2. The largest absolute Gasteiger partial charge is 0.649 e. The Labute approximate surface area is 198 Å². The number of phosphoric ester groups is 1. The molecule has 3 aromatic carbocycles. The predicted octanol–water partition coefficient (Wildman–Crippen LogP) is 6.40. The molecule has 7 nitrogen and oxygen atoms in total. The van der Waals surface area contributed by atoms with Gasteiger partial charge in [-0.2, -0.15) is 4.57 Å². The molecule has 0 saturated carbocycles. The van der Waals surface area contributed by atoms with Gasteiger partial charge in [0.25, 0.3) is 5.95 Å². The normalized spacial score (nSPS) is 22.4. The third kappa shape index (κ3) is 5.62. The summed E-state index contributed by atoms with van der Waals surface area (Å²) in [7, 11) is -4.13. The second kappa shape index (κ2) is 10.3. The lowest BCUT2D eigenvalue weighted by atomic mass is 10.1. The van der Waals surface area contributed by atoms with E-state index in [2.05, 4.69) is 0 Å². The van der Waals surface area contributed by atoms with Crippen LogP contribution in [0.25, 0.3) is 0 Å². The van der Waals surface area contributed by atoms with Crippen LogP contribution in [-0.2, 0) is 23.3 Å². The molecule has 3 aromatic rings. The van der Waals surface area contributed by atoms with Gasteiger partial charge in [0.05, 0.1) is 6.61 Å². The number of rotatable bonds is 7. The van der Waals surface area contributed by atoms with Crippen LogP contribution in [0.1, 0.15) is 24.7 Å². The summed E-state index contributed by atoms with van der Waals surface area (Å²) in [6.45, 7) is 0.300. The zero-order valence-electron chi connectivity index (χ0n) is 18.4. The molecular formula is C26H25O7P. The first-order valence-corrected chi connectivity index (χ1v) is 12.6. The van der Waals surface area contributed by atoms with Gasteiger partial charge in [0.1, 0.15) is 17.6 Å². The third-order valence-corrected chi connectivity index (χ3v) is 6.62. The van der Waals surface area contributed by atoms with Crippen LogP contribution in [0.5, 0.6) is 11.5 Å². The van der Waals surface area contributed by atoms with Crippen LogP contribution in [0.2, 0.25) is 0 Å². The number of ether oxygens (including phenoxy) is 3. The lowest BCUT2D eigenvalue weighted by Crippen LogP contribution is -2.41. The maximum Gasteiger partial charge on any atom is 0.649 e. The highest BCUT2D eigenvalue weighted by Gasteiger charge is 2.40. The van der Waals surface area contributed by atoms with Gasteiger partial charge in [-0.1, -0.05) is 66.7 Å². The van der Waals surface area contributed by atoms with Crippen molar-refractivity contribution in [1.82, 2.24) is 0 Å². The van der Waals surface area contributed by atoms with E-state index in [4.69, 9.17) is 27.8 Å². The Hall–Kier alpha value is -3.25. The van der Waals surface area contributed by atoms with Crippen molar-refractivity contribution in [1.29, 1.82) is 0 Å². The Bertz CT molecular complexity index is 1090. The van der Waals surface area contributed by atoms with Crippen molar-refractivity contribution in [3.63, 3.8) is 0 Å². The van der Waals surface area contributed by atoms with Gasteiger partial charge >= 0.3 is 7.82 Å². The molecule has 2 heterocycles. The van der Waals surface area contributed by atoms with E-state index >= 15 is 0 Å². The molecule has 0 amide bonds. The fourth-order valence-corrected chi connectivity index (χ4v) is 4.94. The van der Waals surface area contributed by atoms with Gasteiger partial charge in [0.2, 0.25) is 0 Å². The molecule has 1 fully saturated rings. The smallest absolute Gasteiger partial charge is 0.457 e. The van der Waals surface area contributed by atoms with Gasteiger partial charge in [0.15, 0.2) is 12.4 Å². The van der Waals surface area contributed by atoms with E-state index in [1.54, 1.807) is 54.6 Å². The van der Waals surface area contributed by atoms with Crippen LogP contribution in [0.3, 0.4) is 0 Å². The molecule has 0 aliphatic carbocycles. The fraction of sp³-hybridized carbons (Fsp3) is 0.231. The molecule has 176 valence electrons. The van der Waals surface area contributed by atoms with E-state index in [9.17, 15) is 4.57 Å². The van der Waals surface area contributed by atoms with Crippen molar-refractivity contribution in [2.75, 3.05) is 6.61 Å². The molecule has 34 heavy (non-hydrogen) atoms. The average Bonchev–Trinajstić information content (AvgIpc) is 3.06. The Morgan fingerprint density at radius 3 is 1.94 bits per heavy atom. The van der Waals surface area contributed by atoms with Crippen LogP contribution in [0.15, 0.2) is 103 Å². The molecule has 8 heteroatoms.